The molecule has 0 aliphatic rings. The summed E-state index contributed by atoms with van der Waals surface area (Å²) >= 11 is 5.95. The molecule has 1 atom stereocenters. The summed E-state index contributed by atoms with van der Waals surface area (Å²) in [6.07, 6.45) is 1.93. The highest BCUT2D eigenvalue weighted by molar-refractivity contribution is 6.30. The Morgan fingerprint density at radius 3 is 2.63 bits per heavy atom. The van der Waals surface area contributed by atoms with Crippen molar-refractivity contribution in [3.05, 3.63) is 58.9 Å². The Kier molecular flexibility index (Phi) is 4.77. The standard InChI is InChI=1S/C15H16ClNO2/c1-2-14(18)11-5-7-13(8-6-11)19-10-12-4-3-9-17-15(12)16/h3-9,14,18H,2,10H2,1H3/t14-/m1/s1. The third kappa shape index (κ3) is 3.69. The van der Waals surface area contributed by atoms with Gasteiger partial charge in [0.1, 0.15) is 17.5 Å². The highest BCUT2D eigenvalue weighted by Crippen LogP contribution is 2.21. The number of pyridine rings is 1. The van der Waals surface area contributed by atoms with Crippen molar-refractivity contribution in [2.45, 2.75) is 26.1 Å². The number of rotatable bonds is 5. The van der Waals surface area contributed by atoms with Crippen molar-refractivity contribution in [1.29, 1.82) is 0 Å². The van der Waals surface area contributed by atoms with E-state index in [9.17, 15) is 5.11 Å². The summed E-state index contributed by atoms with van der Waals surface area (Å²) in [6.45, 7) is 2.32. The molecule has 0 bridgehead atoms. The fraction of sp³-hybridized carbons (Fsp3) is 0.267. The van der Waals surface area contributed by atoms with Crippen LogP contribution in [0.15, 0.2) is 42.6 Å². The van der Waals surface area contributed by atoms with Crippen LogP contribution in [0.2, 0.25) is 5.15 Å². The SMILES string of the molecule is CC[C@@H](O)c1ccc(OCc2cccnc2Cl)cc1. The Balaban J connectivity index is 1.99. The molecule has 0 saturated heterocycles. The molecule has 0 radical (unpaired) electrons. The van der Waals surface area contributed by atoms with Gasteiger partial charge in [0.2, 0.25) is 0 Å². The van der Waals surface area contributed by atoms with E-state index in [0.717, 1.165) is 16.9 Å². The van der Waals surface area contributed by atoms with Gasteiger partial charge in [-0.25, -0.2) is 4.98 Å². The molecule has 19 heavy (non-hydrogen) atoms. The first-order chi connectivity index (χ1) is 9.20. The number of hydrogen-bond donors (Lipinski definition) is 1. The summed E-state index contributed by atoms with van der Waals surface area (Å²) in [6, 6.07) is 11.1. The Labute approximate surface area is 117 Å². The second-order valence-electron chi connectivity index (χ2n) is 4.24. The first-order valence-corrected chi connectivity index (χ1v) is 6.58. The van der Waals surface area contributed by atoms with E-state index in [1.807, 2.05) is 43.3 Å². The average molecular weight is 278 g/mol. The summed E-state index contributed by atoms with van der Waals surface area (Å²) < 4.78 is 5.64. The maximum absolute atomic E-state index is 9.70. The Morgan fingerprint density at radius 1 is 1.26 bits per heavy atom. The number of aliphatic hydroxyl groups is 1. The molecule has 0 aliphatic carbocycles. The molecule has 0 unspecified atom stereocenters. The van der Waals surface area contributed by atoms with Gasteiger partial charge < -0.3 is 9.84 Å². The third-order valence-electron chi connectivity index (χ3n) is 2.88. The lowest BCUT2D eigenvalue weighted by Crippen LogP contribution is -1.98. The summed E-state index contributed by atoms with van der Waals surface area (Å²) in [4.78, 5) is 3.99. The number of aliphatic hydroxyl groups excluding tert-OH is 1. The van der Waals surface area contributed by atoms with Gasteiger partial charge >= 0.3 is 0 Å². The summed E-state index contributed by atoms with van der Waals surface area (Å²) in [5, 5.41) is 10.2. The van der Waals surface area contributed by atoms with Crippen molar-refractivity contribution in [2.24, 2.45) is 0 Å². The van der Waals surface area contributed by atoms with E-state index in [0.29, 0.717) is 18.2 Å². The molecule has 2 aromatic rings. The van der Waals surface area contributed by atoms with Crippen LogP contribution in [-0.4, -0.2) is 10.1 Å². The molecular formula is C15H16ClNO2. The van der Waals surface area contributed by atoms with Gasteiger partial charge in [0, 0.05) is 11.8 Å². The van der Waals surface area contributed by atoms with Crippen LogP contribution < -0.4 is 4.74 Å². The molecule has 0 spiro atoms. The maximum Gasteiger partial charge on any atom is 0.135 e. The van der Waals surface area contributed by atoms with E-state index in [4.69, 9.17) is 16.3 Å². The molecule has 100 valence electrons. The van der Waals surface area contributed by atoms with Crippen molar-refractivity contribution < 1.29 is 9.84 Å². The molecule has 2 rings (SSSR count). The van der Waals surface area contributed by atoms with Crippen LogP contribution in [0.4, 0.5) is 0 Å². The third-order valence-corrected chi connectivity index (χ3v) is 3.22. The fourth-order valence-electron chi connectivity index (χ4n) is 1.71. The van der Waals surface area contributed by atoms with Gasteiger partial charge in [-0.1, -0.05) is 36.7 Å². The predicted molar refractivity (Wildman–Crippen MR) is 75.3 cm³/mol. The zero-order chi connectivity index (χ0) is 13.7. The largest absolute Gasteiger partial charge is 0.489 e. The van der Waals surface area contributed by atoms with Crippen LogP contribution in [0.3, 0.4) is 0 Å². The molecule has 0 fully saturated rings. The van der Waals surface area contributed by atoms with Gasteiger partial charge in [-0.05, 0) is 30.2 Å². The molecule has 1 aromatic carbocycles. The number of benzene rings is 1. The first kappa shape index (κ1) is 13.8. The van der Waals surface area contributed by atoms with Gasteiger partial charge in [-0.3, -0.25) is 0 Å². The highest BCUT2D eigenvalue weighted by atomic mass is 35.5. The quantitative estimate of drug-likeness (QED) is 0.846. The molecule has 3 nitrogen and oxygen atoms in total. The summed E-state index contributed by atoms with van der Waals surface area (Å²) in [5.41, 5.74) is 1.75. The minimum absolute atomic E-state index is 0.377. The second-order valence-corrected chi connectivity index (χ2v) is 4.59. The van der Waals surface area contributed by atoms with Crippen LogP contribution >= 0.6 is 11.6 Å². The highest BCUT2D eigenvalue weighted by Gasteiger charge is 2.05. The van der Waals surface area contributed by atoms with Crippen LogP contribution in [0.5, 0.6) is 5.75 Å². The van der Waals surface area contributed by atoms with Crippen LogP contribution in [0.1, 0.15) is 30.6 Å². The van der Waals surface area contributed by atoms with E-state index in [1.165, 1.54) is 0 Å². The first-order valence-electron chi connectivity index (χ1n) is 6.21. The van der Waals surface area contributed by atoms with Crippen LogP contribution in [0.25, 0.3) is 0 Å². The number of hydrogen-bond acceptors (Lipinski definition) is 3. The second kappa shape index (κ2) is 6.55. The number of nitrogens with zero attached hydrogens (tertiary/aromatic N) is 1. The smallest absolute Gasteiger partial charge is 0.135 e. The number of aromatic nitrogens is 1. The molecular weight excluding hydrogens is 262 g/mol. The lowest BCUT2D eigenvalue weighted by Gasteiger charge is -2.10. The zero-order valence-electron chi connectivity index (χ0n) is 10.7. The molecule has 1 heterocycles. The normalized spacial score (nSPS) is 12.2. The molecule has 0 aliphatic heterocycles. The topological polar surface area (TPSA) is 42.4 Å². The fourth-order valence-corrected chi connectivity index (χ4v) is 1.88. The van der Waals surface area contributed by atoms with Crippen molar-refractivity contribution in [2.75, 3.05) is 0 Å². The van der Waals surface area contributed by atoms with E-state index >= 15 is 0 Å². The lowest BCUT2D eigenvalue weighted by molar-refractivity contribution is 0.173. The van der Waals surface area contributed by atoms with Crippen molar-refractivity contribution in [3.63, 3.8) is 0 Å². The Bertz CT molecular complexity index is 528. The Hall–Kier alpha value is -1.58. The lowest BCUT2D eigenvalue weighted by atomic mass is 10.1. The van der Waals surface area contributed by atoms with E-state index in [-0.39, 0.29) is 0 Å². The summed E-state index contributed by atoms with van der Waals surface area (Å²) in [5.74, 6) is 0.743. The van der Waals surface area contributed by atoms with E-state index in [1.54, 1.807) is 6.20 Å². The average Bonchev–Trinajstić information content (AvgIpc) is 2.46. The van der Waals surface area contributed by atoms with Gasteiger partial charge in [-0.2, -0.15) is 0 Å². The van der Waals surface area contributed by atoms with Crippen LogP contribution in [-0.2, 0) is 6.61 Å². The van der Waals surface area contributed by atoms with Gasteiger partial charge in [0.05, 0.1) is 6.10 Å². The van der Waals surface area contributed by atoms with Gasteiger partial charge in [0.15, 0.2) is 0 Å². The zero-order valence-corrected chi connectivity index (χ0v) is 11.5. The molecule has 0 amide bonds. The van der Waals surface area contributed by atoms with E-state index < -0.39 is 6.10 Å². The van der Waals surface area contributed by atoms with E-state index in [2.05, 4.69) is 4.98 Å². The molecule has 1 aromatic heterocycles. The molecule has 0 saturated carbocycles. The number of ether oxygens (including phenoxy) is 1. The monoisotopic (exact) mass is 277 g/mol. The van der Waals surface area contributed by atoms with Crippen molar-refractivity contribution >= 4 is 11.6 Å². The van der Waals surface area contributed by atoms with Crippen LogP contribution in [0, 0.1) is 0 Å². The minimum atomic E-state index is -0.415. The minimum Gasteiger partial charge on any atom is -0.489 e. The van der Waals surface area contributed by atoms with Crippen molar-refractivity contribution in [3.8, 4) is 5.75 Å². The van der Waals surface area contributed by atoms with Crippen molar-refractivity contribution in [1.82, 2.24) is 4.98 Å². The molecule has 4 heteroatoms. The maximum atomic E-state index is 9.70. The number of halogens is 1. The van der Waals surface area contributed by atoms with Gasteiger partial charge in [0.25, 0.3) is 0 Å². The Morgan fingerprint density at radius 2 is 2.00 bits per heavy atom. The predicted octanol–water partition coefficient (Wildman–Crippen LogP) is 3.76. The summed E-state index contributed by atoms with van der Waals surface area (Å²) in [7, 11) is 0. The van der Waals surface area contributed by atoms with Gasteiger partial charge in [-0.15, -0.1) is 0 Å². The molecule has 1 N–H and O–H groups in total.